The van der Waals surface area contributed by atoms with Gasteiger partial charge in [-0.05, 0) is 62.6 Å². The van der Waals surface area contributed by atoms with E-state index < -0.39 is 0 Å². The van der Waals surface area contributed by atoms with E-state index in [0.717, 1.165) is 64.1 Å². The van der Waals surface area contributed by atoms with Crippen LogP contribution in [-0.4, -0.2) is 58.9 Å². The molecule has 2 aliphatic heterocycles. The minimum atomic E-state index is -0.0477. The monoisotopic (exact) mass is 435 g/mol. The van der Waals surface area contributed by atoms with Gasteiger partial charge in [0.05, 0.1) is 0 Å². The summed E-state index contributed by atoms with van der Waals surface area (Å²) in [4.78, 5) is 38.4. The maximum Gasteiger partial charge on any atom is 0.251 e. The van der Waals surface area contributed by atoms with Crippen LogP contribution in [0, 0.1) is 5.92 Å². The number of carbonyl (C=O) groups excluding carboxylic acids is 2. The van der Waals surface area contributed by atoms with Crippen LogP contribution in [0.1, 0.15) is 55.3 Å². The number of hydrogen-bond acceptors (Lipinski definition) is 5. The van der Waals surface area contributed by atoms with Crippen molar-refractivity contribution in [3.05, 3.63) is 54.4 Å². The van der Waals surface area contributed by atoms with Crippen LogP contribution in [0.15, 0.2) is 48.8 Å². The highest BCUT2D eigenvalue weighted by Crippen LogP contribution is 2.26. The van der Waals surface area contributed by atoms with E-state index in [0.29, 0.717) is 24.4 Å². The highest BCUT2D eigenvalue weighted by Gasteiger charge is 2.29. The van der Waals surface area contributed by atoms with E-state index in [1.54, 1.807) is 12.4 Å². The van der Waals surface area contributed by atoms with Crippen LogP contribution in [0.4, 0.5) is 5.95 Å². The van der Waals surface area contributed by atoms with Crippen LogP contribution in [-0.2, 0) is 4.79 Å². The van der Waals surface area contributed by atoms with Gasteiger partial charge in [-0.25, -0.2) is 9.97 Å². The first kappa shape index (κ1) is 22.2. The molecule has 7 heteroatoms. The summed E-state index contributed by atoms with van der Waals surface area (Å²) in [6.07, 6.45) is 10.2. The molecule has 0 unspecified atom stereocenters. The first-order valence-corrected chi connectivity index (χ1v) is 11.9. The number of hydrogen-bond donors (Lipinski definition) is 1. The molecule has 0 bridgehead atoms. The minimum absolute atomic E-state index is 0.0477. The molecule has 1 aromatic carbocycles. The van der Waals surface area contributed by atoms with Gasteiger partial charge < -0.3 is 15.1 Å². The molecule has 4 rings (SSSR count). The molecule has 1 aromatic heterocycles. The number of rotatable bonds is 7. The zero-order chi connectivity index (χ0) is 22.2. The number of likely N-dealkylation sites (tertiary alicyclic amines) is 1. The maximum atomic E-state index is 13.1. The number of piperidine rings is 2. The standard InChI is InChI=1S/C25H33N5O2/c31-23(19-20-11-17-29(18-12-20)25-27-13-6-14-28-25)30-16-5-4-9-22(30)10-15-26-24(32)21-7-2-1-3-8-21/h1-3,6-8,13-14,20,22H,4-5,9-12,15-19H2,(H,26,32)/t22-/m1/s1. The summed E-state index contributed by atoms with van der Waals surface area (Å²) in [7, 11) is 0. The van der Waals surface area contributed by atoms with Crippen LogP contribution in [0.3, 0.4) is 0 Å². The van der Waals surface area contributed by atoms with Crippen LogP contribution in [0.25, 0.3) is 0 Å². The van der Waals surface area contributed by atoms with Crippen LogP contribution in [0.2, 0.25) is 0 Å². The number of carbonyl (C=O) groups is 2. The average molecular weight is 436 g/mol. The van der Waals surface area contributed by atoms with Crippen molar-refractivity contribution >= 4 is 17.8 Å². The second-order valence-corrected chi connectivity index (χ2v) is 8.83. The van der Waals surface area contributed by atoms with Crippen molar-refractivity contribution in [1.82, 2.24) is 20.2 Å². The molecule has 32 heavy (non-hydrogen) atoms. The molecule has 3 heterocycles. The Kier molecular flexibility index (Phi) is 7.69. The number of aromatic nitrogens is 2. The third-order valence-corrected chi connectivity index (χ3v) is 6.66. The molecule has 0 aliphatic carbocycles. The lowest BCUT2D eigenvalue weighted by molar-refractivity contribution is -0.136. The van der Waals surface area contributed by atoms with E-state index in [9.17, 15) is 9.59 Å². The number of anilines is 1. The Morgan fingerprint density at radius 2 is 1.69 bits per heavy atom. The zero-order valence-electron chi connectivity index (χ0n) is 18.7. The molecular formula is C25H33N5O2. The Hall–Kier alpha value is -2.96. The Bertz CT molecular complexity index is 868. The summed E-state index contributed by atoms with van der Waals surface area (Å²) in [5, 5.41) is 3.01. The maximum absolute atomic E-state index is 13.1. The van der Waals surface area contributed by atoms with Crippen LogP contribution < -0.4 is 10.2 Å². The van der Waals surface area contributed by atoms with Gasteiger partial charge in [0.25, 0.3) is 5.91 Å². The van der Waals surface area contributed by atoms with E-state index in [-0.39, 0.29) is 17.9 Å². The fourth-order valence-electron chi connectivity index (χ4n) is 4.83. The van der Waals surface area contributed by atoms with Gasteiger partial charge in [0, 0.05) is 56.6 Å². The fourth-order valence-corrected chi connectivity index (χ4v) is 4.83. The molecule has 2 aromatic rings. The third-order valence-electron chi connectivity index (χ3n) is 6.66. The van der Waals surface area contributed by atoms with Gasteiger partial charge in [0.2, 0.25) is 11.9 Å². The Balaban J connectivity index is 1.23. The van der Waals surface area contributed by atoms with Crippen molar-refractivity contribution in [1.29, 1.82) is 0 Å². The van der Waals surface area contributed by atoms with Crippen LogP contribution >= 0.6 is 0 Å². The number of benzene rings is 1. The molecule has 1 N–H and O–H groups in total. The molecule has 2 amide bonds. The normalized spacial score (nSPS) is 19.6. The summed E-state index contributed by atoms with van der Waals surface area (Å²) < 4.78 is 0. The molecular weight excluding hydrogens is 402 g/mol. The lowest BCUT2D eigenvalue weighted by Crippen LogP contribution is -2.46. The van der Waals surface area contributed by atoms with Crippen molar-refractivity contribution < 1.29 is 9.59 Å². The molecule has 2 saturated heterocycles. The Morgan fingerprint density at radius 1 is 0.938 bits per heavy atom. The highest BCUT2D eigenvalue weighted by atomic mass is 16.2. The topological polar surface area (TPSA) is 78.4 Å². The van der Waals surface area contributed by atoms with Crippen molar-refractivity contribution in [3.63, 3.8) is 0 Å². The Morgan fingerprint density at radius 3 is 2.44 bits per heavy atom. The van der Waals surface area contributed by atoms with Crippen LogP contribution in [0.5, 0.6) is 0 Å². The predicted molar refractivity (Wildman–Crippen MR) is 124 cm³/mol. The third kappa shape index (κ3) is 5.84. The first-order valence-electron chi connectivity index (χ1n) is 11.9. The lowest BCUT2D eigenvalue weighted by Gasteiger charge is -2.38. The first-order chi connectivity index (χ1) is 15.7. The minimum Gasteiger partial charge on any atom is -0.352 e. The molecule has 2 fully saturated rings. The van der Waals surface area contributed by atoms with Crippen molar-refractivity contribution in [3.8, 4) is 0 Å². The lowest BCUT2D eigenvalue weighted by atomic mass is 9.91. The van der Waals surface area contributed by atoms with E-state index in [1.807, 2.05) is 36.4 Å². The zero-order valence-corrected chi connectivity index (χ0v) is 18.7. The summed E-state index contributed by atoms with van der Waals surface area (Å²) in [6, 6.07) is 11.3. The van der Waals surface area contributed by atoms with Gasteiger partial charge in [-0.2, -0.15) is 0 Å². The highest BCUT2D eigenvalue weighted by molar-refractivity contribution is 5.94. The summed E-state index contributed by atoms with van der Waals surface area (Å²) >= 11 is 0. The summed E-state index contributed by atoms with van der Waals surface area (Å²) in [6.45, 7) is 3.23. The van der Waals surface area contributed by atoms with E-state index in [1.165, 1.54) is 0 Å². The molecule has 0 saturated carbocycles. The fraction of sp³-hybridized carbons (Fsp3) is 0.520. The molecule has 2 aliphatic rings. The van der Waals surface area contributed by atoms with Gasteiger partial charge in [0.1, 0.15) is 0 Å². The predicted octanol–water partition coefficient (Wildman–Crippen LogP) is 3.28. The molecule has 7 nitrogen and oxygen atoms in total. The quantitative estimate of drug-likeness (QED) is 0.722. The molecule has 170 valence electrons. The second kappa shape index (κ2) is 11.1. The van der Waals surface area contributed by atoms with Gasteiger partial charge in [-0.3, -0.25) is 9.59 Å². The number of amides is 2. The van der Waals surface area contributed by atoms with Gasteiger partial charge >= 0.3 is 0 Å². The molecule has 0 spiro atoms. The number of nitrogens with one attached hydrogen (secondary N) is 1. The van der Waals surface area contributed by atoms with E-state index in [4.69, 9.17) is 0 Å². The van der Waals surface area contributed by atoms with Gasteiger partial charge in [-0.15, -0.1) is 0 Å². The Labute approximate surface area is 190 Å². The smallest absolute Gasteiger partial charge is 0.251 e. The SMILES string of the molecule is O=C(NCC[C@H]1CCCCN1C(=O)CC1CCN(c2ncccn2)CC1)c1ccccc1. The average Bonchev–Trinajstić information content (AvgIpc) is 2.86. The largest absolute Gasteiger partial charge is 0.352 e. The second-order valence-electron chi connectivity index (χ2n) is 8.83. The van der Waals surface area contributed by atoms with E-state index >= 15 is 0 Å². The van der Waals surface area contributed by atoms with Crippen molar-refractivity contribution in [2.45, 2.75) is 51.0 Å². The summed E-state index contributed by atoms with van der Waals surface area (Å²) in [5.74, 6) is 1.43. The van der Waals surface area contributed by atoms with Crippen molar-refractivity contribution in [2.24, 2.45) is 5.92 Å². The number of nitrogens with zero attached hydrogens (tertiary/aromatic N) is 4. The van der Waals surface area contributed by atoms with E-state index in [2.05, 4.69) is 25.1 Å². The van der Waals surface area contributed by atoms with Crippen molar-refractivity contribution in [2.75, 3.05) is 31.1 Å². The van der Waals surface area contributed by atoms with Gasteiger partial charge in [-0.1, -0.05) is 18.2 Å². The molecule has 1 atom stereocenters. The van der Waals surface area contributed by atoms with Gasteiger partial charge in [0.15, 0.2) is 0 Å². The molecule has 0 radical (unpaired) electrons. The summed E-state index contributed by atoms with van der Waals surface area (Å²) in [5.41, 5.74) is 0.677.